The molecule has 0 amide bonds. The van der Waals surface area contributed by atoms with Crippen molar-refractivity contribution in [3.05, 3.63) is 54.2 Å². The Bertz CT molecular complexity index is 482. The predicted octanol–water partition coefficient (Wildman–Crippen LogP) is 3.70. The zero-order chi connectivity index (χ0) is 13.5. The van der Waals surface area contributed by atoms with Gasteiger partial charge in [-0.25, -0.2) is 4.98 Å². The zero-order valence-electron chi connectivity index (χ0n) is 11.5. The highest BCUT2D eigenvalue weighted by atomic mass is 16.5. The van der Waals surface area contributed by atoms with Gasteiger partial charge < -0.3 is 10.1 Å². The van der Waals surface area contributed by atoms with Crippen LogP contribution in [0.15, 0.2) is 48.7 Å². The van der Waals surface area contributed by atoms with Crippen LogP contribution in [0.2, 0.25) is 0 Å². The minimum absolute atomic E-state index is 0.466. The molecule has 1 unspecified atom stereocenters. The van der Waals surface area contributed by atoms with Crippen molar-refractivity contribution in [1.82, 2.24) is 4.98 Å². The van der Waals surface area contributed by atoms with Crippen LogP contribution in [-0.4, -0.2) is 18.1 Å². The molecule has 2 rings (SSSR count). The number of rotatable bonds is 6. The summed E-state index contributed by atoms with van der Waals surface area (Å²) in [5.74, 6) is 1.14. The third-order valence-electron chi connectivity index (χ3n) is 3.01. The first-order valence-corrected chi connectivity index (χ1v) is 6.67. The molecule has 0 spiro atoms. The fraction of sp³-hybridized carbons (Fsp3) is 0.312. The number of ether oxygens (including phenoxy) is 1. The van der Waals surface area contributed by atoms with Gasteiger partial charge in [-0.3, -0.25) is 0 Å². The van der Waals surface area contributed by atoms with Crippen LogP contribution in [0, 0.1) is 0 Å². The van der Waals surface area contributed by atoms with E-state index < -0.39 is 0 Å². The topological polar surface area (TPSA) is 34.1 Å². The largest absolute Gasteiger partial charge is 0.478 e. The zero-order valence-corrected chi connectivity index (χ0v) is 11.5. The smallest absolute Gasteiger partial charge is 0.213 e. The van der Waals surface area contributed by atoms with Crippen LogP contribution in [0.1, 0.15) is 25.3 Å². The Balaban J connectivity index is 1.88. The van der Waals surface area contributed by atoms with E-state index >= 15 is 0 Å². The number of anilines is 1. The third kappa shape index (κ3) is 3.98. The second-order valence-corrected chi connectivity index (χ2v) is 4.51. The van der Waals surface area contributed by atoms with Crippen molar-refractivity contribution in [3.63, 3.8) is 0 Å². The molecule has 0 saturated heterocycles. The highest BCUT2D eigenvalue weighted by molar-refractivity contribution is 5.42. The molecule has 0 bridgehead atoms. The van der Waals surface area contributed by atoms with E-state index in [-0.39, 0.29) is 0 Å². The average Bonchev–Trinajstić information content (AvgIpc) is 2.47. The van der Waals surface area contributed by atoms with Gasteiger partial charge in [0, 0.05) is 12.6 Å². The van der Waals surface area contributed by atoms with Crippen molar-refractivity contribution in [2.45, 2.75) is 19.8 Å². The highest BCUT2D eigenvalue weighted by Crippen LogP contribution is 2.17. The molecule has 1 atom stereocenters. The quantitative estimate of drug-likeness (QED) is 0.855. The van der Waals surface area contributed by atoms with Crippen LogP contribution in [0.4, 0.5) is 5.69 Å². The maximum Gasteiger partial charge on any atom is 0.213 e. The Labute approximate surface area is 114 Å². The van der Waals surface area contributed by atoms with Crippen molar-refractivity contribution in [2.75, 3.05) is 18.5 Å². The number of pyridine rings is 1. The maximum atomic E-state index is 5.32. The van der Waals surface area contributed by atoms with E-state index in [1.807, 2.05) is 31.3 Å². The normalized spacial score (nSPS) is 11.9. The van der Waals surface area contributed by atoms with Crippen LogP contribution in [-0.2, 0) is 0 Å². The van der Waals surface area contributed by atoms with Crippen LogP contribution >= 0.6 is 0 Å². The van der Waals surface area contributed by atoms with Crippen molar-refractivity contribution in [3.8, 4) is 5.88 Å². The average molecular weight is 256 g/mol. The molecule has 100 valence electrons. The molecular weight excluding hydrogens is 236 g/mol. The summed E-state index contributed by atoms with van der Waals surface area (Å²) in [5, 5.41) is 3.39. The summed E-state index contributed by atoms with van der Waals surface area (Å²) in [6.45, 7) is 5.70. The molecule has 0 aliphatic rings. The Morgan fingerprint density at radius 2 is 1.95 bits per heavy atom. The van der Waals surface area contributed by atoms with Crippen molar-refractivity contribution in [1.29, 1.82) is 0 Å². The first-order chi connectivity index (χ1) is 9.29. The van der Waals surface area contributed by atoms with Gasteiger partial charge in [0.2, 0.25) is 5.88 Å². The fourth-order valence-corrected chi connectivity index (χ4v) is 1.89. The van der Waals surface area contributed by atoms with Gasteiger partial charge in [-0.1, -0.05) is 37.3 Å². The monoisotopic (exact) mass is 256 g/mol. The van der Waals surface area contributed by atoms with E-state index in [0.29, 0.717) is 18.4 Å². The molecule has 0 aliphatic carbocycles. The van der Waals surface area contributed by atoms with Crippen molar-refractivity contribution >= 4 is 5.69 Å². The summed E-state index contributed by atoms with van der Waals surface area (Å²) < 4.78 is 5.32. The number of benzene rings is 1. The van der Waals surface area contributed by atoms with Crippen LogP contribution in [0.25, 0.3) is 0 Å². The number of nitrogens with one attached hydrogen (secondary N) is 1. The van der Waals surface area contributed by atoms with E-state index in [0.717, 1.165) is 12.2 Å². The summed E-state index contributed by atoms with van der Waals surface area (Å²) in [7, 11) is 0. The van der Waals surface area contributed by atoms with E-state index in [4.69, 9.17) is 4.74 Å². The van der Waals surface area contributed by atoms with Gasteiger partial charge in [-0.2, -0.15) is 0 Å². The molecule has 0 fully saturated rings. The summed E-state index contributed by atoms with van der Waals surface area (Å²) in [6.07, 6.45) is 1.81. The second-order valence-electron chi connectivity index (χ2n) is 4.51. The van der Waals surface area contributed by atoms with Crippen molar-refractivity contribution < 1.29 is 4.74 Å². The molecule has 3 nitrogen and oxygen atoms in total. The Morgan fingerprint density at radius 1 is 1.16 bits per heavy atom. The Kier molecular flexibility index (Phi) is 4.78. The number of hydrogen-bond donors (Lipinski definition) is 1. The predicted molar refractivity (Wildman–Crippen MR) is 78.8 cm³/mol. The Hall–Kier alpha value is -2.03. The summed E-state index contributed by atoms with van der Waals surface area (Å²) in [5.41, 5.74) is 2.36. The van der Waals surface area contributed by atoms with Gasteiger partial charge in [0.25, 0.3) is 0 Å². The lowest BCUT2D eigenvalue weighted by molar-refractivity contribution is 0.327. The van der Waals surface area contributed by atoms with E-state index in [1.54, 1.807) is 0 Å². The lowest BCUT2D eigenvalue weighted by Crippen LogP contribution is -2.09. The molecule has 1 aromatic heterocycles. The van der Waals surface area contributed by atoms with E-state index in [1.165, 1.54) is 5.56 Å². The molecule has 19 heavy (non-hydrogen) atoms. The number of aromatic nitrogens is 1. The molecule has 2 aromatic rings. The molecule has 3 heteroatoms. The molecule has 0 aliphatic heterocycles. The van der Waals surface area contributed by atoms with Gasteiger partial charge in [0.1, 0.15) is 0 Å². The molecule has 0 saturated carbocycles. The SMILES string of the molecule is CCOc1ccc(NCC(C)c2ccccc2)cn1. The van der Waals surface area contributed by atoms with Gasteiger partial charge >= 0.3 is 0 Å². The molecule has 1 N–H and O–H groups in total. The maximum absolute atomic E-state index is 5.32. The molecule has 1 heterocycles. The van der Waals surface area contributed by atoms with Crippen molar-refractivity contribution in [2.24, 2.45) is 0 Å². The number of nitrogens with zero attached hydrogens (tertiary/aromatic N) is 1. The standard InChI is InChI=1S/C16H20N2O/c1-3-19-16-10-9-15(12-18-16)17-11-13(2)14-7-5-4-6-8-14/h4-10,12-13,17H,3,11H2,1-2H3. The minimum atomic E-state index is 0.466. The molecule has 1 aromatic carbocycles. The summed E-state index contributed by atoms with van der Waals surface area (Å²) in [6, 6.07) is 14.4. The van der Waals surface area contributed by atoms with E-state index in [9.17, 15) is 0 Å². The van der Waals surface area contributed by atoms with Crippen LogP contribution < -0.4 is 10.1 Å². The molecule has 0 radical (unpaired) electrons. The second kappa shape index (κ2) is 6.78. The lowest BCUT2D eigenvalue weighted by Gasteiger charge is -2.14. The van der Waals surface area contributed by atoms with Crippen LogP contribution in [0.3, 0.4) is 0 Å². The summed E-state index contributed by atoms with van der Waals surface area (Å²) in [4.78, 5) is 4.23. The number of hydrogen-bond acceptors (Lipinski definition) is 3. The van der Waals surface area contributed by atoms with Gasteiger partial charge in [0.05, 0.1) is 18.5 Å². The third-order valence-corrected chi connectivity index (χ3v) is 3.01. The van der Waals surface area contributed by atoms with Crippen LogP contribution in [0.5, 0.6) is 5.88 Å². The first-order valence-electron chi connectivity index (χ1n) is 6.67. The highest BCUT2D eigenvalue weighted by Gasteiger charge is 2.04. The fourth-order valence-electron chi connectivity index (χ4n) is 1.89. The first kappa shape index (κ1) is 13.4. The van der Waals surface area contributed by atoms with Gasteiger partial charge in [-0.15, -0.1) is 0 Å². The minimum Gasteiger partial charge on any atom is -0.478 e. The lowest BCUT2D eigenvalue weighted by atomic mass is 10.0. The van der Waals surface area contributed by atoms with E-state index in [2.05, 4.69) is 41.5 Å². The van der Waals surface area contributed by atoms with Gasteiger partial charge in [-0.05, 0) is 24.5 Å². The molecular formula is C16H20N2O. The Morgan fingerprint density at radius 3 is 2.58 bits per heavy atom. The van der Waals surface area contributed by atoms with Gasteiger partial charge in [0.15, 0.2) is 0 Å². The summed E-state index contributed by atoms with van der Waals surface area (Å²) >= 11 is 0.